The number of hydrogen-bond acceptors (Lipinski definition) is 4. The number of hydrogen-bond donors (Lipinski definition) is 2. The second kappa shape index (κ2) is 4.55. The van der Waals surface area contributed by atoms with Gasteiger partial charge < -0.3 is 5.11 Å². The third kappa shape index (κ3) is 2.00. The molecule has 0 aliphatic heterocycles. The first-order valence-corrected chi connectivity index (χ1v) is 5.81. The number of fused-ring (bicyclic) bond motifs is 1. The van der Waals surface area contributed by atoms with Gasteiger partial charge in [-0.1, -0.05) is 12.1 Å². The van der Waals surface area contributed by atoms with Gasteiger partial charge in [0.2, 0.25) is 11.7 Å². The van der Waals surface area contributed by atoms with Crippen molar-refractivity contribution in [2.45, 2.75) is 6.18 Å². The average Bonchev–Trinajstić information content (AvgIpc) is 2.87. The summed E-state index contributed by atoms with van der Waals surface area (Å²) in [5.74, 6) is -2.59. The van der Waals surface area contributed by atoms with Crippen LogP contribution < -0.4 is 5.56 Å². The first-order chi connectivity index (χ1) is 10.3. The summed E-state index contributed by atoms with van der Waals surface area (Å²) in [5, 5.41) is 13.6. The Morgan fingerprint density at radius 1 is 1.27 bits per heavy atom. The number of halogens is 4. The molecule has 0 bridgehead atoms. The van der Waals surface area contributed by atoms with Gasteiger partial charge in [-0.2, -0.15) is 27.8 Å². The number of benzene rings is 1. The highest BCUT2D eigenvalue weighted by molar-refractivity contribution is 5.70. The molecule has 0 aliphatic carbocycles. The predicted molar refractivity (Wildman–Crippen MR) is 65.7 cm³/mol. The molecule has 0 atom stereocenters. The molecule has 2 aromatic heterocycles. The standard InChI is InChI=1S/C12H6F4N4O2/c13-8-5(2-1-3-6(8)12(14,15)16)7-9(21)19-11-17-4-18-20(11)10(7)22/h1-4,22H,(H,17,18,19,21). The molecular formula is C12H6F4N4O2. The highest BCUT2D eigenvalue weighted by Gasteiger charge is 2.35. The van der Waals surface area contributed by atoms with E-state index in [0.717, 1.165) is 23.0 Å². The number of H-pyrrole nitrogens is 1. The molecule has 0 fully saturated rings. The summed E-state index contributed by atoms with van der Waals surface area (Å²) >= 11 is 0. The average molecular weight is 314 g/mol. The molecule has 3 rings (SSSR count). The van der Waals surface area contributed by atoms with Crippen LogP contribution in [0.3, 0.4) is 0 Å². The molecule has 0 radical (unpaired) electrons. The Hall–Kier alpha value is -2.91. The zero-order valence-corrected chi connectivity index (χ0v) is 10.5. The molecule has 0 unspecified atom stereocenters. The van der Waals surface area contributed by atoms with Crippen LogP contribution in [0.2, 0.25) is 0 Å². The molecule has 114 valence electrons. The maximum absolute atomic E-state index is 14.1. The Kier molecular flexibility index (Phi) is 2.90. The summed E-state index contributed by atoms with van der Waals surface area (Å²) in [4.78, 5) is 17.7. The zero-order chi connectivity index (χ0) is 16.1. The molecule has 0 spiro atoms. The van der Waals surface area contributed by atoms with Gasteiger partial charge in [0.05, 0.1) is 5.56 Å². The van der Waals surface area contributed by atoms with Gasteiger partial charge in [0, 0.05) is 5.56 Å². The van der Waals surface area contributed by atoms with E-state index < -0.39 is 40.1 Å². The molecule has 2 heterocycles. The summed E-state index contributed by atoms with van der Waals surface area (Å²) in [7, 11) is 0. The molecule has 6 nitrogen and oxygen atoms in total. The molecule has 10 heteroatoms. The molecule has 0 saturated carbocycles. The van der Waals surface area contributed by atoms with Crippen LogP contribution >= 0.6 is 0 Å². The Morgan fingerprint density at radius 3 is 2.68 bits per heavy atom. The Bertz CT molecular complexity index is 929. The fourth-order valence-corrected chi connectivity index (χ4v) is 2.04. The number of aromatic amines is 1. The van der Waals surface area contributed by atoms with Crippen molar-refractivity contribution in [2.75, 3.05) is 0 Å². The SMILES string of the molecule is O=c1[nH]c2ncnn2c(O)c1-c1cccc(C(F)(F)F)c1F. The van der Waals surface area contributed by atoms with E-state index >= 15 is 0 Å². The lowest BCUT2D eigenvalue weighted by atomic mass is 10.0. The van der Waals surface area contributed by atoms with Crippen molar-refractivity contribution < 1.29 is 22.7 Å². The summed E-state index contributed by atoms with van der Waals surface area (Å²) in [5.41, 5.74) is -3.88. The van der Waals surface area contributed by atoms with Crippen molar-refractivity contribution in [3.8, 4) is 17.0 Å². The summed E-state index contributed by atoms with van der Waals surface area (Å²) < 4.78 is 53.1. The van der Waals surface area contributed by atoms with E-state index in [0.29, 0.717) is 6.07 Å². The minimum Gasteiger partial charge on any atom is -0.493 e. The monoisotopic (exact) mass is 314 g/mol. The summed E-state index contributed by atoms with van der Waals surface area (Å²) in [6.45, 7) is 0. The van der Waals surface area contributed by atoms with Gasteiger partial charge in [-0.05, 0) is 6.07 Å². The molecule has 22 heavy (non-hydrogen) atoms. The van der Waals surface area contributed by atoms with Crippen LogP contribution in [0, 0.1) is 5.82 Å². The number of rotatable bonds is 1. The van der Waals surface area contributed by atoms with Gasteiger partial charge in [0.15, 0.2) is 0 Å². The number of nitrogens with zero attached hydrogens (tertiary/aromatic N) is 3. The van der Waals surface area contributed by atoms with E-state index in [1.54, 1.807) is 0 Å². The Morgan fingerprint density at radius 2 is 2.00 bits per heavy atom. The van der Waals surface area contributed by atoms with Gasteiger partial charge in [-0.25, -0.2) is 4.39 Å². The summed E-state index contributed by atoms with van der Waals surface area (Å²) in [6.07, 6.45) is -3.92. The van der Waals surface area contributed by atoms with Gasteiger partial charge in [-0.3, -0.25) is 9.78 Å². The quantitative estimate of drug-likeness (QED) is 0.673. The first kappa shape index (κ1) is 14.0. The molecule has 0 aliphatic rings. The van der Waals surface area contributed by atoms with Crippen LogP contribution in [0.4, 0.5) is 17.6 Å². The van der Waals surface area contributed by atoms with E-state index in [1.807, 2.05) is 0 Å². The third-order valence-corrected chi connectivity index (χ3v) is 3.00. The van der Waals surface area contributed by atoms with Gasteiger partial charge in [0.25, 0.3) is 5.56 Å². The van der Waals surface area contributed by atoms with Crippen LogP contribution in [0.25, 0.3) is 16.9 Å². The molecule has 0 saturated heterocycles. The van der Waals surface area contributed by atoms with Crippen molar-refractivity contribution in [3.05, 3.63) is 46.3 Å². The maximum Gasteiger partial charge on any atom is 0.419 e. The minimum absolute atomic E-state index is 0.126. The number of nitrogens with one attached hydrogen (secondary N) is 1. The van der Waals surface area contributed by atoms with Gasteiger partial charge in [0.1, 0.15) is 17.7 Å². The van der Waals surface area contributed by atoms with Crippen molar-refractivity contribution >= 4 is 5.78 Å². The molecule has 0 amide bonds. The molecule has 1 aromatic carbocycles. The lowest BCUT2D eigenvalue weighted by molar-refractivity contribution is -0.139. The van der Waals surface area contributed by atoms with Crippen molar-refractivity contribution in [2.24, 2.45) is 0 Å². The Balaban J connectivity index is 2.36. The normalized spacial score (nSPS) is 12.0. The Labute approximate surface area is 118 Å². The van der Waals surface area contributed by atoms with Gasteiger partial charge in [-0.15, -0.1) is 0 Å². The molecular weight excluding hydrogens is 308 g/mol. The third-order valence-electron chi connectivity index (χ3n) is 3.00. The lowest BCUT2D eigenvalue weighted by Crippen LogP contribution is -2.15. The van der Waals surface area contributed by atoms with E-state index in [9.17, 15) is 27.5 Å². The molecule has 2 N–H and O–H groups in total. The van der Waals surface area contributed by atoms with Crippen LogP contribution in [0.15, 0.2) is 29.3 Å². The van der Waals surface area contributed by atoms with Crippen LogP contribution in [0.1, 0.15) is 5.56 Å². The zero-order valence-electron chi connectivity index (χ0n) is 10.5. The fraction of sp³-hybridized carbons (Fsp3) is 0.0833. The second-order valence-electron chi connectivity index (χ2n) is 4.31. The van der Waals surface area contributed by atoms with E-state index in [2.05, 4.69) is 15.1 Å². The van der Waals surface area contributed by atoms with Gasteiger partial charge >= 0.3 is 6.18 Å². The van der Waals surface area contributed by atoms with E-state index in [-0.39, 0.29) is 5.78 Å². The predicted octanol–water partition coefficient (Wildman–Crippen LogP) is 1.95. The number of alkyl halides is 3. The number of aromatic hydroxyl groups is 1. The van der Waals surface area contributed by atoms with Crippen LogP contribution in [-0.2, 0) is 6.18 Å². The molecule has 3 aromatic rings. The minimum atomic E-state index is -4.93. The number of aromatic nitrogens is 4. The lowest BCUT2D eigenvalue weighted by Gasteiger charge is -2.11. The topological polar surface area (TPSA) is 83.3 Å². The highest BCUT2D eigenvalue weighted by atomic mass is 19.4. The first-order valence-electron chi connectivity index (χ1n) is 5.81. The van der Waals surface area contributed by atoms with Crippen molar-refractivity contribution in [1.82, 2.24) is 19.6 Å². The van der Waals surface area contributed by atoms with Crippen LogP contribution in [0.5, 0.6) is 5.88 Å². The second-order valence-corrected chi connectivity index (χ2v) is 4.31. The summed E-state index contributed by atoms with van der Waals surface area (Å²) in [6, 6.07) is 2.43. The smallest absolute Gasteiger partial charge is 0.419 e. The van der Waals surface area contributed by atoms with Crippen LogP contribution in [-0.4, -0.2) is 24.7 Å². The van der Waals surface area contributed by atoms with Crippen molar-refractivity contribution in [3.63, 3.8) is 0 Å². The van der Waals surface area contributed by atoms with E-state index in [4.69, 9.17) is 0 Å². The fourth-order valence-electron chi connectivity index (χ4n) is 2.04. The van der Waals surface area contributed by atoms with E-state index in [1.165, 1.54) is 0 Å². The highest BCUT2D eigenvalue weighted by Crippen LogP contribution is 2.36. The maximum atomic E-state index is 14.1. The van der Waals surface area contributed by atoms with Crippen molar-refractivity contribution in [1.29, 1.82) is 0 Å². The largest absolute Gasteiger partial charge is 0.493 e.